The Bertz CT molecular complexity index is 138. The molecular formula is C7H12O3. The van der Waals surface area contributed by atoms with E-state index in [1.165, 1.54) is 13.4 Å². The standard InChI is InChI=1S/C7H12O3/c1-5-10-7(2,3)6(8)9-4/h5H,1H2,2-4H3. The van der Waals surface area contributed by atoms with Crippen LogP contribution < -0.4 is 0 Å². The minimum Gasteiger partial charge on any atom is -0.484 e. The molecule has 3 heteroatoms. The number of hydrogen-bond acceptors (Lipinski definition) is 3. The fraction of sp³-hybridized carbons (Fsp3) is 0.571. The smallest absolute Gasteiger partial charge is 0.349 e. The fourth-order valence-corrected chi connectivity index (χ4v) is 0.502. The average molecular weight is 144 g/mol. The summed E-state index contributed by atoms with van der Waals surface area (Å²) in [6.45, 7) is 6.56. The van der Waals surface area contributed by atoms with Crippen molar-refractivity contribution in [3.8, 4) is 0 Å². The zero-order valence-electron chi connectivity index (χ0n) is 6.51. The van der Waals surface area contributed by atoms with Crippen molar-refractivity contribution >= 4 is 5.97 Å². The summed E-state index contributed by atoms with van der Waals surface area (Å²) in [5.41, 5.74) is -0.920. The van der Waals surface area contributed by atoms with E-state index < -0.39 is 11.6 Å². The van der Waals surface area contributed by atoms with Crippen LogP contribution in [0.2, 0.25) is 0 Å². The predicted molar refractivity (Wildman–Crippen MR) is 37.4 cm³/mol. The first kappa shape index (κ1) is 9.01. The Morgan fingerprint density at radius 3 is 2.40 bits per heavy atom. The lowest BCUT2D eigenvalue weighted by Gasteiger charge is -2.20. The topological polar surface area (TPSA) is 35.5 Å². The zero-order valence-corrected chi connectivity index (χ0v) is 6.51. The van der Waals surface area contributed by atoms with Gasteiger partial charge in [-0.25, -0.2) is 4.79 Å². The van der Waals surface area contributed by atoms with Gasteiger partial charge in [0, 0.05) is 0 Å². The first-order chi connectivity index (χ1) is 4.54. The molecule has 0 rings (SSSR count). The van der Waals surface area contributed by atoms with Gasteiger partial charge in [0.15, 0.2) is 5.60 Å². The summed E-state index contributed by atoms with van der Waals surface area (Å²) in [5, 5.41) is 0. The van der Waals surface area contributed by atoms with Gasteiger partial charge in [0.25, 0.3) is 0 Å². The molecule has 0 atom stereocenters. The summed E-state index contributed by atoms with van der Waals surface area (Å²) in [4.78, 5) is 10.8. The molecule has 0 aromatic heterocycles. The zero-order chi connectivity index (χ0) is 8.20. The van der Waals surface area contributed by atoms with Crippen molar-refractivity contribution in [2.75, 3.05) is 7.11 Å². The molecule has 10 heavy (non-hydrogen) atoms. The largest absolute Gasteiger partial charge is 0.484 e. The van der Waals surface area contributed by atoms with Crippen LogP contribution >= 0.6 is 0 Å². The second kappa shape index (κ2) is 3.25. The van der Waals surface area contributed by atoms with Crippen LogP contribution in [0.3, 0.4) is 0 Å². The lowest BCUT2D eigenvalue weighted by Crippen LogP contribution is -2.34. The molecule has 0 aliphatic rings. The second-order valence-corrected chi connectivity index (χ2v) is 2.29. The van der Waals surface area contributed by atoms with Crippen molar-refractivity contribution in [3.63, 3.8) is 0 Å². The number of ether oxygens (including phenoxy) is 2. The Morgan fingerprint density at radius 1 is 1.60 bits per heavy atom. The molecule has 0 aromatic carbocycles. The molecule has 0 N–H and O–H groups in total. The van der Waals surface area contributed by atoms with Crippen molar-refractivity contribution < 1.29 is 14.3 Å². The Morgan fingerprint density at radius 2 is 2.10 bits per heavy atom. The van der Waals surface area contributed by atoms with E-state index in [0.29, 0.717) is 0 Å². The summed E-state index contributed by atoms with van der Waals surface area (Å²) in [6.07, 6.45) is 1.22. The van der Waals surface area contributed by atoms with E-state index in [2.05, 4.69) is 11.3 Å². The van der Waals surface area contributed by atoms with E-state index in [1.807, 2.05) is 0 Å². The minimum absolute atomic E-state index is 0.410. The van der Waals surface area contributed by atoms with E-state index in [-0.39, 0.29) is 0 Å². The Kier molecular flexibility index (Phi) is 2.93. The fourth-order valence-electron chi connectivity index (χ4n) is 0.502. The van der Waals surface area contributed by atoms with Crippen molar-refractivity contribution in [3.05, 3.63) is 12.8 Å². The van der Waals surface area contributed by atoms with E-state index in [0.717, 1.165) is 0 Å². The lowest BCUT2D eigenvalue weighted by molar-refractivity contribution is -0.159. The maximum absolute atomic E-state index is 10.8. The highest BCUT2D eigenvalue weighted by Gasteiger charge is 2.29. The highest BCUT2D eigenvalue weighted by molar-refractivity contribution is 5.78. The Hall–Kier alpha value is -0.990. The quantitative estimate of drug-likeness (QED) is 0.439. The molecule has 3 nitrogen and oxygen atoms in total. The van der Waals surface area contributed by atoms with Gasteiger partial charge >= 0.3 is 5.97 Å². The normalized spacial score (nSPS) is 10.3. The molecule has 58 valence electrons. The average Bonchev–Trinajstić information content (AvgIpc) is 1.86. The van der Waals surface area contributed by atoms with Crippen LogP contribution in [0.25, 0.3) is 0 Å². The maximum atomic E-state index is 10.8. The summed E-state index contributed by atoms with van der Waals surface area (Å²) in [7, 11) is 1.32. The Balaban J connectivity index is 4.08. The van der Waals surface area contributed by atoms with Crippen LogP contribution in [0, 0.1) is 0 Å². The van der Waals surface area contributed by atoms with Crippen molar-refractivity contribution in [1.29, 1.82) is 0 Å². The number of carbonyl (C=O) groups excluding carboxylic acids is 1. The van der Waals surface area contributed by atoms with Crippen LogP contribution in [-0.4, -0.2) is 18.7 Å². The highest BCUT2D eigenvalue weighted by atomic mass is 16.6. The van der Waals surface area contributed by atoms with Crippen molar-refractivity contribution in [1.82, 2.24) is 0 Å². The highest BCUT2D eigenvalue weighted by Crippen LogP contribution is 2.10. The van der Waals surface area contributed by atoms with Crippen LogP contribution in [0.4, 0.5) is 0 Å². The van der Waals surface area contributed by atoms with E-state index in [9.17, 15) is 4.79 Å². The molecule has 0 amide bonds. The van der Waals surface area contributed by atoms with Crippen LogP contribution in [0.15, 0.2) is 12.8 Å². The summed E-state index contributed by atoms with van der Waals surface area (Å²) >= 11 is 0. The third-order valence-corrected chi connectivity index (χ3v) is 1.05. The summed E-state index contributed by atoms with van der Waals surface area (Å²) in [6, 6.07) is 0. The molecule has 0 unspecified atom stereocenters. The van der Waals surface area contributed by atoms with Crippen molar-refractivity contribution in [2.24, 2.45) is 0 Å². The molecule has 0 aliphatic carbocycles. The lowest BCUT2D eigenvalue weighted by atomic mass is 10.1. The Labute approximate surface area is 60.6 Å². The molecule has 0 fully saturated rings. The van der Waals surface area contributed by atoms with Gasteiger partial charge in [0.2, 0.25) is 0 Å². The predicted octanol–water partition coefficient (Wildman–Crippen LogP) is 1.10. The molecule has 0 spiro atoms. The van der Waals surface area contributed by atoms with Gasteiger partial charge in [0.1, 0.15) is 0 Å². The molecule has 0 aliphatic heterocycles. The van der Waals surface area contributed by atoms with Crippen molar-refractivity contribution in [2.45, 2.75) is 19.4 Å². The molecule has 0 saturated carbocycles. The maximum Gasteiger partial charge on any atom is 0.349 e. The minimum atomic E-state index is -0.920. The third kappa shape index (κ3) is 2.09. The third-order valence-electron chi connectivity index (χ3n) is 1.05. The van der Waals surface area contributed by atoms with Gasteiger partial charge in [-0.05, 0) is 13.8 Å². The number of esters is 1. The van der Waals surface area contributed by atoms with Crippen LogP contribution in [0.5, 0.6) is 0 Å². The van der Waals surface area contributed by atoms with Gasteiger partial charge in [-0.2, -0.15) is 0 Å². The molecular weight excluding hydrogens is 132 g/mol. The molecule has 0 aromatic rings. The van der Waals surface area contributed by atoms with E-state index in [4.69, 9.17) is 4.74 Å². The van der Waals surface area contributed by atoms with E-state index >= 15 is 0 Å². The summed E-state index contributed by atoms with van der Waals surface area (Å²) < 4.78 is 9.33. The SMILES string of the molecule is C=COC(C)(C)C(=O)OC. The van der Waals surface area contributed by atoms with Crippen LogP contribution in [-0.2, 0) is 14.3 Å². The number of hydrogen-bond donors (Lipinski definition) is 0. The van der Waals surface area contributed by atoms with Gasteiger partial charge in [0.05, 0.1) is 13.4 Å². The number of carbonyl (C=O) groups is 1. The monoisotopic (exact) mass is 144 g/mol. The molecule has 0 heterocycles. The van der Waals surface area contributed by atoms with E-state index in [1.54, 1.807) is 13.8 Å². The van der Waals surface area contributed by atoms with Gasteiger partial charge < -0.3 is 9.47 Å². The van der Waals surface area contributed by atoms with Gasteiger partial charge in [-0.15, -0.1) is 0 Å². The number of rotatable bonds is 3. The van der Waals surface area contributed by atoms with Gasteiger partial charge in [-0.1, -0.05) is 6.58 Å². The summed E-state index contributed by atoms with van der Waals surface area (Å²) in [5.74, 6) is -0.410. The van der Waals surface area contributed by atoms with Gasteiger partial charge in [-0.3, -0.25) is 0 Å². The second-order valence-electron chi connectivity index (χ2n) is 2.29. The molecule has 0 radical (unpaired) electrons. The first-order valence-electron chi connectivity index (χ1n) is 2.91. The molecule has 0 bridgehead atoms. The van der Waals surface area contributed by atoms with Crippen LogP contribution in [0.1, 0.15) is 13.8 Å². The number of methoxy groups -OCH3 is 1. The molecule has 0 saturated heterocycles. The first-order valence-corrected chi connectivity index (χ1v) is 2.91.